The van der Waals surface area contributed by atoms with E-state index in [2.05, 4.69) is 28.1 Å². The van der Waals surface area contributed by atoms with E-state index in [9.17, 15) is 5.11 Å². The van der Waals surface area contributed by atoms with Crippen LogP contribution in [0.4, 0.5) is 5.69 Å². The van der Waals surface area contributed by atoms with Crippen LogP contribution in [0.15, 0.2) is 24.3 Å². The average Bonchev–Trinajstić information content (AvgIpc) is 2.48. The zero-order valence-electron chi connectivity index (χ0n) is 12.8. The molecule has 1 aromatic carbocycles. The Kier molecular flexibility index (Phi) is 6.77. The van der Waals surface area contributed by atoms with Gasteiger partial charge in [-0.3, -0.25) is 4.90 Å². The number of rotatable bonds is 7. The van der Waals surface area contributed by atoms with Crippen LogP contribution in [0.5, 0.6) is 0 Å². The number of nitrogens with zero attached hydrogens (tertiary/aromatic N) is 2. The maximum absolute atomic E-state index is 10.0. The molecule has 0 bridgehead atoms. The Hall–Kier alpha value is -0.810. The highest BCUT2D eigenvalue weighted by molar-refractivity contribution is 6.30. The highest BCUT2D eigenvalue weighted by Crippen LogP contribution is 2.20. The second-order valence-electron chi connectivity index (χ2n) is 5.63. The van der Waals surface area contributed by atoms with Crippen molar-refractivity contribution < 1.29 is 5.11 Å². The largest absolute Gasteiger partial charge is 0.390 e. The van der Waals surface area contributed by atoms with Gasteiger partial charge in [-0.05, 0) is 31.2 Å². The molecule has 4 nitrogen and oxygen atoms in total. The van der Waals surface area contributed by atoms with Gasteiger partial charge in [0.1, 0.15) is 0 Å². The minimum atomic E-state index is -0.283. The SMILES string of the molecule is CCCNCC(O)CN1CCN(c2cccc(Cl)c2)CC1. The lowest BCUT2D eigenvalue weighted by atomic mass is 10.2. The summed E-state index contributed by atoms with van der Waals surface area (Å²) < 4.78 is 0. The molecule has 118 valence electrons. The third-order valence-electron chi connectivity index (χ3n) is 3.82. The van der Waals surface area contributed by atoms with Crippen molar-refractivity contribution in [3.8, 4) is 0 Å². The van der Waals surface area contributed by atoms with Crippen LogP contribution >= 0.6 is 11.6 Å². The van der Waals surface area contributed by atoms with Gasteiger partial charge in [-0.15, -0.1) is 0 Å². The van der Waals surface area contributed by atoms with Crippen LogP contribution in [0, 0.1) is 0 Å². The monoisotopic (exact) mass is 311 g/mol. The van der Waals surface area contributed by atoms with E-state index in [1.54, 1.807) is 0 Å². The number of anilines is 1. The van der Waals surface area contributed by atoms with Crippen molar-refractivity contribution in [3.63, 3.8) is 0 Å². The Labute approximate surface area is 132 Å². The predicted octanol–water partition coefficient (Wildman–Crippen LogP) is 1.82. The van der Waals surface area contributed by atoms with Crippen LogP contribution in [0.2, 0.25) is 5.02 Å². The maximum Gasteiger partial charge on any atom is 0.0791 e. The van der Waals surface area contributed by atoms with Crippen LogP contribution in [0.25, 0.3) is 0 Å². The molecule has 0 spiro atoms. The average molecular weight is 312 g/mol. The first-order valence-corrected chi connectivity index (χ1v) is 8.18. The van der Waals surface area contributed by atoms with Crippen LogP contribution in [-0.2, 0) is 0 Å². The van der Waals surface area contributed by atoms with Crippen LogP contribution in [0.3, 0.4) is 0 Å². The summed E-state index contributed by atoms with van der Waals surface area (Å²) in [5.41, 5.74) is 1.19. The van der Waals surface area contributed by atoms with E-state index in [4.69, 9.17) is 11.6 Å². The molecule has 2 rings (SSSR count). The van der Waals surface area contributed by atoms with Gasteiger partial charge >= 0.3 is 0 Å². The molecule has 0 aromatic heterocycles. The Balaban J connectivity index is 1.73. The molecule has 0 aliphatic carbocycles. The van der Waals surface area contributed by atoms with Crippen molar-refractivity contribution in [2.24, 2.45) is 0 Å². The zero-order valence-corrected chi connectivity index (χ0v) is 13.5. The summed E-state index contributed by atoms with van der Waals surface area (Å²) >= 11 is 6.04. The first-order valence-electron chi connectivity index (χ1n) is 7.80. The summed E-state index contributed by atoms with van der Waals surface area (Å²) in [5, 5.41) is 14.1. The minimum absolute atomic E-state index is 0.283. The minimum Gasteiger partial charge on any atom is -0.390 e. The lowest BCUT2D eigenvalue weighted by Gasteiger charge is -2.37. The second-order valence-corrected chi connectivity index (χ2v) is 6.06. The number of piperazine rings is 1. The molecular weight excluding hydrogens is 286 g/mol. The van der Waals surface area contributed by atoms with Gasteiger partial charge in [0.05, 0.1) is 6.10 Å². The van der Waals surface area contributed by atoms with Crippen molar-refractivity contribution in [1.82, 2.24) is 10.2 Å². The summed E-state index contributed by atoms with van der Waals surface area (Å²) in [4.78, 5) is 4.68. The van der Waals surface area contributed by atoms with E-state index >= 15 is 0 Å². The normalized spacial score (nSPS) is 18.0. The molecular formula is C16H26ClN3O. The number of β-amino-alcohol motifs (C(OH)–C–C–N with tert-alkyl or cyclic N) is 1. The molecule has 2 N–H and O–H groups in total. The lowest BCUT2D eigenvalue weighted by molar-refractivity contribution is 0.108. The fourth-order valence-electron chi connectivity index (χ4n) is 2.67. The first-order chi connectivity index (χ1) is 10.2. The third-order valence-corrected chi connectivity index (χ3v) is 4.06. The lowest BCUT2D eigenvalue weighted by Crippen LogP contribution is -2.49. The molecule has 1 fully saturated rings. The fourth-order valence-corrected chi connectivity index (χ4v) is 2.85. The van der Waals surface area contributed by atoms with Gasteiger partial charge in [-0.2, -0.15) is 0 Å². The van der Waals surface area contributed by atoms with Gasteiger partial charge in [0.2, 0.25) is 0 Å². The van der Waals surface area contributed by atoms with E-state index in [1.165, 1.54) is 5.69 Å². The van der Waals surface area contributed by atoms with Crippen molar-refractivity contribution in [3.05, 3.63) is 29.3 Å². The van der Waals surface area contributed by atoms with Crippen molar-refractivity contribution in [2.45, 2.75) is 19.4 Å². The molecule has 1 saturated heterocycles. The predicted molar refractivity (Wildman–Crippen MR) is 89.3 cm³/mol. The number of halogens is 1. The Bertz CT molecular complexity index is 422. The van der Waals surface area contributed by atoms with Crippen molar-refractivity contribution in [2.75, 3.05) is 50.7 Å². The van der Waals surface area contributed by atoms with Crippen molar-refractivity contribution in [1.29, 1.82) is 0 Å². The van der Waals surface area contributed by atoms with Gasteiger partial charge in [0, 0.05) is 50.0 Å². The van der Waals surface area contributed by atoms with Gasteiger partial charge in [-0.1, -0.05) is 24.6 Å². The quantitative estimate of drug-likeness (QED) is 0.754. The van der Waals surface area contributed by atoms with Crippen molar-refractivity contribution >= 4 is 17.3 Å². The standard InChI is InChI=1S/C16H26ClN3O/c1-2-6-18-12-16(21)13-19-7-9-20(10-8-19)15-5-3-4-14(17)11-15/h3-5,11,16,18,21H,2,6-10,12-13H2,1H3. The highest BCUT2D eigenvalue weighted by Gasteiger charge is 2.19. The second kappa shape index (κ2) is 8.59. The first kappa shape index (κ1) is 16.6. The van der Waals surface area contributed by atoms with E-state index < -0.39 is 0 Å². The molecule has 0 saturated carbocycles. The van der Waals surface area contributed by atoms with Gasteiger partial charge in [-0.25, -0.2) is 0 Å². The molecule has 1 atom stereocenters. The molecule has 1 aliphatic heterocycles. The highest BCUT2D eigenvalue weighted by atomic mass is 35.5. The number of aliphatic hydroxyl groups is 1. The van der Waals surface area contributed by atoms with Gasteiger partial charge in [0.15, 0.2) is 0 Å². The van der Waals surface area contributed by atoms with E-state index in [-0.39, 0.29) is 6.10 Å². The summed E-state index contributed by atoms with van der Waals surface area (Å²) in [6.45, 7) is 8.47. The van der Waals surface area contributed by atoms with Crippen LogP contribution < -0.4 is 10.2 Å². The topological polar surface area (TPSA) is 38.7 Å². The van der Waals surface area contributed by atoms with Gasteiger partial charge < -0.3 is 15.3 Å². The number of hydrogen-bond acceptors (Lipinski definition) is 4. The molecule has 0 amide bonds. The van der Waals surface area contributed by atoms with Gasteiger partial charge in [0.25, 0.3) is 0 Å². The summed E-state index contributed by atoms with van der Waals surface area (Å²) in [6.07, 6.45) is 0.819. The summed E-state index contributed by atoms with van der Waals surface area (Å²) in [6, 6.07) is 8.01. The Morgan fingerprint density at radius 2 is 2.05 bits per heavy atom. The summed E-state index contributed by atoms with van der Waals surface area (Å²) in [7, 11) is 0. The number of nitrogens with one attached hydrogen (secondary N) is 1. The third kappa shape index (κ3) is 5.47. The Morgan fingerprint density at radius 1 is 1.29 bits per heavy atom. The Morgan fingerprint density at radius 3 is 2.71 bits per heavy atom. The molecule has 1 unspecified atom stereocenters. The molecule has 1 heterocycles. The molecule has 21 heavy (non-hydrogen) atoms. The molecule has 0 radical (unpaired) electrons. The maximum atomic E-state index is 10.0. The zero-order chi connectivity index (χ0) is 15.1. The van der Waals surface area contributed by atoms with E-state index in [0.29, 0.717) is 6.54 Å². The molecule has 1 aliphatic rings. The van der Waals surface area contributed by atoms with Crippen LogP contribution in [-0.4, -0.2) is 61.9 Å². The van der Waals surface area contributed by atoms with Crippen LogP contribution in [0.1, 0.15) is 13.3 Å². The smallest absolute Gasteiger partial charge is 0.0791 e. The number of aliphatic hydroxyl groups excluding tert-OH is 1. The number of hydrogen-bond donors (Lipinski definition) is 2. The molecule has 1 aromatic rings. The van der Waals surface area contributed by atoms with E-state index in [0.717, 1.165) is 50.7 Å². The molecule has 5 heteroatoms. The fraction of sp³-hybridized carbons (Fsp3) is 0.625. The van der Waals surface area contributed by atoms with E-state index in [1.807, 2.05) is 18.2 Å². The number of benzene rings is 1. The summed E-state index contributed by atoms with van der Waals surface area (Å²) in [5.74, 6) is 0.